The van der Waals surface area contributed by atoms with Crippen LogP contribution in [-0.2, 0) is 11.3 Å². The molecule has 0 aromatic heterocycles. The normalized spacial score (nSPS) is 12.8. The average Bonchev–Trinajstić information content (AvgIpc) is 2.20. The largest absolute Gasteiger partial charge is 0.368 e. The quantitative estimate of drug-likeness (QED) is 0.807. The Kier molecular flexibility index (Phi) is 3.86. The molecule has 2 N–H and O–H groups in total. The van der Waals surface area contributed by atoms with Crippen molar-refractivity contribution in [1.29, 1.82) is 0 Å². The molecule has 82 valence electrons. The van der Waals surface area contributed by atoms with Crippen molar-refractivity contribution in [3.63, 3.8) is 0 Å². The van der Waals surface area contributed by atoms with Crippen molar-refractivity contribution in [1.82, 2.24) is 4.90 Å². The van der Waals surface area contributed by atoms with Gasteiger partial charge in [0.05, 0.1) is 6.04 Å². The van der Waals surface area contributed by atoms with Gasteiger partial charge in [0.1, 0.15) is 0 Å². The van der Waals surface area contributed by atoms with E-state index in [1.165, 1.54) is 11.1 Å². The number of nitrogens with two attached hydrogens (primary N) is 1. The molecule has 0 saturated carbocycles. The van der Waals surface area contributed by atoms with Crippen LogP contribution in [0.5, 0.6) is 0 Å². The van der Waals surface area contributed by atoms with Crippen LogP contribution in [0.25, 0.3) is 0 Å². The van der Waals surface area contributed by atoms with E-state index in [2.05, 4.69) is 19.1 Å². The number of carbonyl (C=O) groups is 1. The van der Waals surface area contributed by atoms with Gasteiger partial charge in [-0.05, 0) is 32.0 Å². The number of rotatable bonds is 4. The molecule has 1 atom stereocenters. The van der Waals surface area contributed by atoms with Crippen LogP contribution in [0.15, 0.2) is 24.3 Å². The van der Waals surface area contributed by atoms with Crippen LogP contribution >= 0.6 is 0 Å². The molecule has 0 heterocycles. The molecule has 0 radical (unpaired) electrons. The van der Waals surface area contributed by atoms with E-state index < -0.39 is 0 Å². The molecule has 3 nitrogen and oxygen atoms in total. The van der Waals surface area contributed by atoms with Gasteiger partial charge < -0.3 is 5.73 Å². The van der Waals surface area contributed by atoms with E-state index in [0.29, 0.717) is 0 Å². The highest BCUT2D eigenvalue weighted by molar-refractivity contribution is 5.79. The number of primary amides is 1. The molecule has 0 bridgehead atoms. The van der Waals surface area contributed by atoms with Gasteiger partial charge in [-0.15, -0.1) is 0 Å². The zero-order valence-corrected chi connectivity index (χ0v) is 9.53. The number of nitrogens with zero attached hydrogens (tertiary/aromatic N) is 1. The molecule has 0 aliphatic carbocycles. The first-order valence-corrected chi connectivity index (χ1v) is 5.06. The van der Waals surface area contributed by atoms with Gasteiger partial charge in [-0.1, -0.05) is 24.3 Å². The number of hydrogen-bond acceptors (Lipinski definition) is 2. The highest BCUT2D eigenvalue weighted by Crippen LogP contribution is 2.10. The summed E-state index contributed by atoms with van der Waals surface area (Å²) in [6, 6.07) is 7.92. The molecule has 0 unspecified atom stereocenters. The summed E-state index contributed by atoms with van der Waals surface area (Å²) >= 11 is 0. The number of aryl methyl sites for hydroxylation is 1. The highest BCUT2D eigenvalue weighted by Gasteiger charge is 2.15. The minimum atomic E-state index is -0.286. The lowest BCUT2D eigenvalue weighted by Crippen LogP contribution is -2.39. The lowest BCUT2D eigenvalue weighted by molar-refractivity contribution is -0.122. The Labute approximate surface area is 90.9 Å². The molecule has 3 heteroatoms. The topological polar surface area (TPSA) is 46.3 Å². The summed E-state index contributed by atoms with van der Waals surface area (Å²) in [7, 11) is 1.90. The van der Waals surface area contributed by atoms with Crippen LogP contribution in [-0.4, -0.2) is 23.9 Å². The van der Waals surface area contributed by atoms with Gasteiger partial charge >= 0.3 is 0 Å². The van der Waals surface area contributed by atoms with E-state index in [0.717, 1.165) is 6.54 Å². The van der Waals surface area contributed by atoms with Crippen molar-refractivity contribution in [3.05, 3.63) is 35.4 Å². The van der Waals surface area contributed by atoms with E-state index in [4.69, 9.17) is 5.73 Å². The zero-order chi connectivity index (χ0) is 11.4. The van der Waals surface area contributed by atoms with E-state index in [9.17, 15) is 4.79 Å². The lowest BCUT2D eigenvalue weighted by atomic mass is 10.1. The molecule has 0 spiro atoms. The van der Waals surface area contributed by atoms with Crippen LogP contribution in [0.3, 0.4) is 0 Å². The monoisotopic (exact) mass is 206 g/mol. The number of amides is 1. The third kappa shape index (κ3) is 3.06. The first kappa shape index (κ1) is 11.7. The fourth-order valence-corrected chi connectivity index (χ4v) is 1.41. The van der Waals surface area contributed by atoms with Crippen molar-refractivity contribution in [3.8, 4) is 0 Å². The molecule has 1 aromatic carbocycles. The van der Waals surface area contributed by atoms with Crippen LogP contribution in [0, 0.1) is 6.92 Å². The maximum atomic E-state index is 11.0. The fourth-order valence-electron chi connectivity index (χ4n) is 1.41. The summed E-state index contributed by atoms with van der Waals surface area (Å²) < 4.78 is 0. The zero-order valence-electron chi connectivity index (χ0n) is 9.53. The Morgan fingerprint density at radius 3 is 2.60 bits per heavy atom. The number of hydrogen-bond donors (Lipinski definition) is 1. The molecular weight excluding hydrogens is 188 g/mol. The number of likely N-dealkylation sites (N-methyl/N-ethyl adjacent to an activating group) is 1. The molecule has 0 aliphatic rings. The lowest BCUT2D eigenvalue weighted by Gasteiger charge is -2.22. The second-order valence-electron chi connectivity index (χ2n) is 3.92. The smallest absolute Gasteiger partial charge is 0.234 e. The molecule has 15 heavy (non-hydrogen) atoms. The van der Waals surface area contributed by atoms with Gasteiger partial charge in [0.15, 0.2) is 0 Å². The van der Waals surface area contributed by atoms with Gasteiger partial charge in [-0.25, -0.2) is 0 Å². The predicted octanol–water partition coefficient (Wildman–Crippen LogP) is 1.30. The SMILES string of the molecule is Cc1ccccc1CN(C)[C@H](C)C(N)=O. The fraction of sp³-hybridized carbons (Fsp3) is 0.417. The van der Waals surface area contributed by atoms with E-state index in [-0.39, 0.29) is 11.9 Å². The summed E-state index contributed by atoms with van der Waals surface area (Å²) in [4.78, 5) is 12.9. The van der Waals surface area contributed by atoms with Gasteiger partial charge in [0.2, 0.25) is 5.91 Å². The third-order valence-electron chi connectivity index (χ3n) is 2.75. The molecular formula is C12H18N2O. The van der Waals surface area contributed by atoms with Crippen LogP contribution in [0.1, 0.15) is 18.1 Å². The molecule has 1 aromatic rings. The summed E-state index contributed by atoms with van der Waals surface area (Å²) in [6.07, 6.45) is 0. The molecule has 0 fully saturated rings. The Balaban J connectivity index is 2.70. The third-order valence-corrected chi connectivity index (χ3v) is 2.75. The van der Waals surface area contributed by atoms with E-state index in [1.807, 2.05) is 31.0 Å². The van der Waals surface area contributed by atoms with Gasteiger partial charge in [-0.2, -0.15) is 0 Å². The molecule has 0 aliphatic heterocycles. The van der Waals surface area contributed by atoms with Gasteiger partial charge in [0, 0.05) is 6.54 Å². The Morgan fingerprint density at radius 1 is 1.47 bits per heavy atom. The molecule has 1 amide bonds. The van der Waals surface area contributed by atoms with Crippen molar-refractivity contribution in [2.24, 2.45) is 5.73 Å². The first-order valence-electron chi connectivity index (χ1n) is 5.06. The Hall–Kier alpha value is -1.35. The summed E-state index contributed by atoms with van der Waals surface area (Å²) in [5.74, 6) is -0.286. The van der Waals surface area contributed by atoms with Gasteiger partial charge in [0.25, 0.3) is 0 Å². The minimum absolute atomic E-state index is 0.232. The number of carbonyl (C=O) groups excluding carboxylic acids is 1. The Bertz CT molecular complexity index is 349. The number of benzene rings is 1. The van der Waals surface area contributed by atoms with Crippen molar-refractivity contribution >= 4 is 5.91 Å². The predicted molar refractivity (Wildman–Crippen MR) is 61.3 cm³/mol. The molecule has 0 saturated heterocycles. The maximum absolute atomic E-state index is 11.0. The molecule has 1 rings (SSSR count). The van der Waals surface area contributed by atoms with Crippen molar-refractivity contribution < 1.29 is 4.79 Å². The Morgan fingerprint density at radius 2 is 2.07 bits per heavy atom. The van der Waals surface area contributed by atoms with Crippen LogP contribution in [0.4, 0.5) is 0 Å². The standard InChI is InChI=1S/C12H18N2O/c1-9-6-4-5-7-11(9)8-14(3)10(2)12(13)15/h4-7,10H,8H2,1-3H3,(H2,13,15)/t10-/m1/s1. The van der Waals surface area contributed by atoms with Gasteiger partial charge in [-0.3, -0.25) is 9.69 Å². The van der Waals surface area contributed by atoms with Crippen LogP contribution < -0.4 is 5.73 Å². The summed E-state index contributed by atoms with van der Waals surface area (Å²) in [6.45, 7) is 4.63. The minimum Gasteiger partial charge on any atom is -0.368 e. The second-order valence-corrected chi connectivity index (χ2v) is 3.92. The summed E-state index contributed by atoms with van der Waals surface area (Å²) in [5.41, 5.74) is 7.71. The highest BCUT2D eigenvalue weighted by atomic mass is 16.1. The van der Waals surface area contributed by atoms with Crippen molar-refractivity contribution in [2.45, 2.75) is 26.4 Å². The van der Waals surface area contributed by atoms with Crippen molar-refractivity contribution in [2.75, 3.05) is 7.05 Å². The van der Waals surface area contributed by atoms with E-state index >= 15 is 0 Å². The average molecular weight is 206 g/mol. The maximum Gasteiger partial charge on any atom is 0.234 e. The first-order chi connectivity index (χ1) is 7.02. The second kappa shape index (κ2) is 4.94. The van der Waals surface area contributed by atoms with Crippen LogP contribution in [0.2, 0.25) is 0 Å². The summed E-state index contributed by atoms with van der Waals surface area (Å²) in [5, 5.41) is 0. The van der Waals surface area contributed by atoms with E-state index in [1.54, 1.807) is 0 Å².